The lowest BCUT2D eigenvalue weighted by Gasteiger charge is -2.11. The molecule has 0 spiro atoms. The van der Waals surface area contributed by atoms with Gasteiger partial charge in [0.15, 0.2) is 0 Å². The van der Waals surface area contributed by atoms with Gasteiger partial charge in [-0.25, -0.2) is 4.98 Å². The monoisotopic (exact) mass is 426 g/mol. The second-order valence-corrected chi connectivity index (χ2v) is 7.44. The topological polar surface area (TPSA) is 58.1 Å². The molecule has 0 aliphatic carbocycles. The fraction of sp³-hybridized carbons (Fsp3) is 0.208. The van der Waals surface area contributed by atoms with E-state index in [0.717, 1.165) is 39.9 Å². The predicted molar refractivity (Wildman–Crippen MR) is 113 cm³/mol. The van der Waals surface area contributed by atoms with E-state index in [1.54, 1.807) is 6.92 Å². The highest BCUT2D eigenvalue weighted by Crippen LogP contribution is 2.31. The number of rotatable bonds is 6. The summed E-state index contributed by atoms with van der Waals surface area (Å²) in [6.07, 6.45) is -4.25. The van der Waals surface area contributed by atoms with E-state index in [0.29, 0.717) is 18.0 Å². The Balaban J connectivity index is 1.52. The molecule has 0 amide bonds. The van der Waals surface area contributed by atoms with E-state index in [9.17, 15) is 18.3 Å². The minimum Gasteiger partial charge on any atom is -0.486 e. The van der Waals surface area contributed by atoms with Gasteiger partial charge in [0, 0.05) is 0 Å². The van der Waals surface area contributed by atoms with Gasteiger partial charge in [0.05, 0.1) is 22.7 Å². The Morgan fingerprint density at radius 1 is 1.03 bits per heavy atom. The molecule has 1 atom stereocenters. The van der Waals surface area contributed by atoms with Crippen LogP contribution in [0.2, 0.25) is 0 Å². The number of hydrogen-bond donors (Lipinski definition) is 2. The van der Waals surface area contributed by atoms with Gasteiger partial charge in [-0.2, -0.15) is 13.2 Å². The van der Waals surface area contributed by atoms with Crippen molar-refractivity contribution in [3.05, 3.63) is 83.7 Å². The van der Waals surface area contributed by atoms with Gasteiger partial charge in [0.1, 0.15) is 18.2 Å². The van der Waals surface area contributed by atoms with Crippen molar-refractivity contribution >= 4 is 11.0 Å². The molecule has 3 aromatic carbocycles. The molecule has 160 valence electrons. The second kappa shape index (κ2) is 8.43. The van der Waals surface area contributed by atoms with Crippen molar-refractivity contribution < 1.29 is 23.0 Å². The zero-order chi connectivity index (χ0) is 22.0. The van der Waals surface area contributed by atoms with Crippen molar-refractivity contribution in [3.8, 4) is 16.9 Å². The van der Waals surface area contributed by atoms with Crippen molar-refractivity contribution in [3.63, 3.8) is 0 Å². The second-order valence-electron chi connectivity index (χ2n) is 7.44. The number of ether oxygens (including phenoxy) is 1. The predicted octanol–water partition coefficient (Wildman–Crippen LogP) is 5.75. The average molecular weight is 426 g/mol. The van der Waals surface area contributed by atoms with Gasteiger partial charge in [0.25, 0.3) is 0 Å². The third kappa shape index (κ3) is 4.88. The van der Waals surface area contributed by atoms with Gasteiger partial charge < -0.3 is 14.8 Å². The number of aromatic nitrogens is 2. The minimum absolute atomic E-state index is 0.105. The van der Waals surface area contributed by atoms with E-state index in [2.05, 4.69) is 9.97 Å². The number of imidazole rings is 1. The van der Waals surface area contributed by atoms with Crippen LogP contribution in [0.15, 0.2) is 66.7 Å². The lowest BCUT2D eigenvalue weighted by atomic mass is 9.96. The quantitative estimate of drug-likeness (QED) is 0.413. The number of H-pyrrole nitrogens is 1. The number of hydrogen-bond acceptors (Lipinski definition) is 3. The molecule has 4 aromatic rings. The normalized spacial score (nSPS) is 12.8. The summed E-state index contributed by atoms with van der Waals surface area (Å²) in [7, 11) is 0. The van der Waals surface area contributed by atoms with E-state index in [-0.39, 0.29) is 6.61 Å². The number of aromatic amines is 1. The zero-order valence-corrected chi connectivity index (χ0v) is 16.8. The summed E-state index contributed by atoms with van der Waals surface area (Å²) in [6.45, 7) is 1.87. The molecule has 2 N–H and O–H groups in total. The fourth-order valence-electron chi connectivity index (χ4n) is 3.49. The van der Waals surface area contributed by atoms with Gasteiger partial charge in [-0.3, -0.25) is 0 Å². The lowest BCUT2D eigenvalue weighted by Crippen LogP contribution is -2.05. The highest BCUT2D eigenvalue weighted by Gasteiger charge is 2.30. The average Bonchev–Trinajstić information content (AvgIpc) is 3.14. The number of alkyl halides is 3. The highest BCUT2D eigenvalue weighted by atomic mass is 19.4. The molecule has 0 aliphatic heterocycles. The Bertz CT molecular complexity index is 1180. The van der Waals surface area contributed by atoms with Crippen LogP contribution < -0.4 is 4.74 Å². The van der Waals surface area contributed by atoms with E-state index < -0.39 is 17.8 Å². The van der Waals surface area contributed by atoms with Crippen LogP contribution >= 0.6 is 0 Å². The number of aliphatic hydroxyl groups excluding tert-OH is 1. The highest BCUT2D eigenvalue weighted by molar-refractivity contribution is 5.82. The molecule has 31 heavy (non-hydrogen) atoms. The van der Waals surface area contributed by atoms with E-state index in [1.165, 1.54) is 12.1 Å². The number of nitrogens with one attached hydrogen (secondary N) is 1. The van der Waals surface area contributed by atoms with Crippen molar-refractivity contribution in [1.82, 2.24) is 9.97 Å². The molecule has 0 bridgehead atoms. The number of benzene rings is 3. The first-order valence-electron chi connectivity index (χ1n) is 9.84. The number of nitrogens with zero attached hydrogens (tertiary/aromatic N) is 1. The number of halogens is 3. The third-order valence-electron chi connectivity index (χ3n) is 4.93. The lowest BCUT2D eigenvalue weighted by molar-refractivity contribution is -0.137. The van der Waals surface area contributed by atoms with E-state index in [1.807, 2.05) is 42.5 Å². The first kappa shape index (κ1) is 20.9. The van der Waals surface area contributed by atoms with Crippen LogP contribution in [0.1, 0.15) is 23.9 Å². The summed E-state index contributed by atoms with van der Waals surface area (Å²) >= 11 is 0. The molecule has 7 heteroatoms. The third-order valence-corrected chi connectivity index (χ3v) is 4.93. The van der Waals surface area contributed by atoms with Crippen molar-refractivity contribution in [2.45, 2.75) is 32.2 Å². The largest absolute Gasteiger partial charge is 0.486 e. The molecule has 1 aromatic heterocycles. The van der Waals surface area contributed by atoms with Crippen LogP contribution in [0.3, 0.4) is 0 Å². The van der Waals surface area contributed by atoms with E-state index >= 15 is 0 Å². The van der Waals surface area contributed by atoms with Crippen molar-refractivity contribution in [2.24, 2.45) is 0 Å². The summed E-state index contributed by atoms with van der Waals surface area (Å²) in [5, 5.41) is 9.77. The zero-order valence-electron chi connectivity index (χ0n) is 16.8. The maximum atomic E-state index is 12.7. The van der Waals surface area contributed by atoms with Crippen LogP contribution in [0.5, 0.6) is 5.75 Å². The van der Waals surface area contributed by atoms with Crippen LogP contribution in [0.25, 0.3) is 22.2 Å². The molecule has 0 fully saturated rings. The molecular formula is C24H21F3N2O2. The number of aliphatic hydroxyl groups is 1. The molecular weight excluding hydrogens is 405 g/mol. The van der Waals surface area contributed by atoms with Crippen LogP contribution in [-0.2, 0) is 19.2 Å². The Morgan fingerprint density at radius 2 is 1.77 bits per heavy atom. The van der Waals surface area contributed by atoms with Gasteiger partial charge in [-0.15, -0.1) is 0 Å². The Hall–Kier alpha value is -3.32. The molecule has 4 nitrogen and oxygen atoms in total. The molecule has 1 heterocycles. The standard InChI is InChI=1S/C24H21F3N2O2/c1-15(30)12-16-4-2-3-5-20(16)17-6-11-21-22(13-17)29-23(28-21)14-31-19-9-7-18(8-10-19)24(25,26)27/h2-11,13,15,30H,12,14H2,1H3,(H,28,29). The van der Waals surface area contributed by atoms with Crippen LogP contribution in [0.4, 0.5) is 13.2 Å². The molecule has 4 rings (SSSR count). The first-order valence-corrected chi connectivity index (χ1v) is 9.84. The summed E-state index contributed by atoms with van der Waals surface area (Å²) in [5.74, 6) is 0.908. The Morgan fingerprint density at radius 3 is 2.48 bits per heavy atom. The maximum absolute atomic E-state index is 12.7. The first-order chi connectivity index (χ1) is 14.8. The molecule has 0 saturated carbocycles. The Labute approximate surface area is 177 Å². The van der Waals surface area contributed by atoms with Crippen LogP contribution in [-0.4, -0.2) is 21.2 Å². The van der Waals surface area contributed by atoms with E-state index in [4.69, 9.17) is 4.74 Å². The van der Waals surface area contributed by atoms with Crippen molar-refractivity contribution in [2.75, 3.05) is 0 Å². The summed E-state index contributed by atoms with van der Waals surface area (Å²) in [6, 6.07) is 18.4. The minimum atomic E-state index is -4.37. The molecule has 0 aliphatic rings. The Kier molecular flexibility index (Phi) is 5.69. The SMILES string of the molecule is CC(O)Cc1ccccc1-c1ccc2nc(COc3ccc(C(F)(F)F)cc3)[nH]c2c1. The van der Waals surface area contributed by atoms with Gasteiger partial charge in [-0.05, 0) is 66.4 Å². The van der Waals surface area contributed by atoms with Crippen LogP contribution in [0, 0.1) is 0 Å². The summed E-state index contributed by atoms with van der Waals surface area (Å²) in [5.41, 5.74) is 3.98. The maximum Gasteiger partial charge on any atom is 0.416 e. The molecule has 1 unspecified atom stereocenters. The van der Waals surface area contributed by atoms with Gasteiger partial charge in [-0.1, -0.05) is 30.3 Å². The van der Waals surface area contributed by atoms with Gasteiger partial charge in [0.2, 0.25) is 0 Å². The smallest absolute Gasteiger partial charge is 0.416 e. The van der Waals surface area contributed by atoms with Crippen molar-refractivity contribution in [1.29, 1.82) is 0 Å². The fourth-order valence-corrected chi connectivity index (χ4v) is 3.49. The summed E-state index contributed by atoms with van der Waals surface area (Å²) < 4.78 is 43.6. The molecule has 0 saturated heterocycles. The molecule has 0 radical (unpaired) electrons. The summed E-state index contributed by atoms with van der Waals surface area (Å²) in [4.78, 5) is 7.70. The number of fused-ring (bicyclic) bond motifs is 1. The van der Waals surface area contributed by atoms with Gasteiger partial charge >= 0.3 is 6.18 Å².